The highest BCUT2D eigenvalue weighted by molar-refractivity contribution is 7.91. The monoisotopic (exact) mass is 546 g/mol. The molecule has 0 unspecified atom stereocenters. The van der Waals surface area contributed by atoms with Crippen molar-refractivity contribution in [1.82, 2.24) is 4.31 Å². The standard InChI is InChI=1S/C21H24F6N2O4S2/c1-3-17(33-2)15-13-14(19(30,20(22,23)24)21(25,26)27)6-7-16(15)28-8-10-29(11-9-28)35(31,32)18-5-4-12-34-18/h4-7,12-13,17,30H,3,8-11H2,1-2H3/t17-/m1/s1. The highest BCUT2D eigenvalue weighted by Gasteiger charge is 2.71. The average Bonchev–Trinajstić information content (AvgIpc) is 3.34. The van der Waals surface area contributed by atoms with Gasteiger partial charge in [-0.25, -0.2) is 8.42 Å². The molecule has 14 heteroatoms. The number of anilines is 1. The number of halogens is 6. The summed E-state index contributed by atoms with van der Waals surface area (Å²) in [6.45, 7) is 2.09. The van der Waals surface area contributed by atoms with Gasteiger partial charge < -0.3 is 14.7 Å². The van der Waals surface area contributed by atoms with Crippen LogP contribution in [-0.4, -0.2) is 63.5 Å². The molecule has 2 aromatic rings. The Hall–Kier alpha value is -1.87. The van der Waals surface area contributed by atoms with Gasteiger partial charge in [-0.3, -0.25) is 0 Å². The Morgan fingerprint density at radius 1 is 1.06 bits per heavy atom. The number of thiophene rings is 1. The number of rotatable bonds is 7. The van der Waals surface area contributed by atoms with E-state index < -0.39 is 39.6 Å². The maximum Gasteiger partial charge on any atom is 0.430 e. The van der Waals surface area contributed by atoms with Gasteiger partial charge in [0.05, 0.1) is 6.10 Å². The van der Waals surface area contributed by atoms with Crippen LogP contribution in [0.25, 0.3) is 0 Å². The summed E-state index contributed by atoms with van der Waals surface area (Å²) in [7, 11) is -2.43. The first-order valence-corrected chi connectivity index (χ1v) is 12.8. The van der Waals surface area contributed by atoms with Crippen LogP contribution >= 0.6 is 11.3 Å². The van der Waals surface area contributed by atoms with E-state index in [4.69, 9.17) is 4.74 Å². The molecule has 6 nitrogen and oxygen atoms in total. The van der Waals surface area contributed by atoms with Gasteiger partial charge in [0.25, 0.3) is 15.6 Å². The molecule has 0 bridgehead atoms. The van der Waals surface area contributed by atoms with E-state index >= 15 is 0 Å². The molecule has 3 rings (SSSR count). The topological polar surface area (TPSA) is 70.1 Å². The molecule has 1 saturated heterocycles. The zero-order valence-corrected chi connectivity index (χ0v) is 20.4. The molecule has 2 heterocycles. The average molecular weight is 547 g/mol. The number of aliphatic hydroxyl groups is 1. The molecule has 196 valence electrons. The van der Waals surface area contributed by atoms with Crippen molar-refractivity contribution in [2.75, 3.05) is 38.2 Å². The van der Waals surface area contributed by atoms with Gasteiger partial charge in [0.2, 0.25) is 0 Å². The van der Waals surface area contributed by atoms with Gasteiger partial charge >= 0.3 is 12.4 Å². The first-order valence-electron chi connectivity index (χ1n) is 10.5. The van der Waals surface area contributed by atoms with E-state index in [0.717, 1.165) is 17.4 Å². The number of piperazine rings is 1. The predicted molar refractivity (Wildman–Crippen MR) is 118 cm³/mol. The minimum absolute atomic E-state index is 0.0361. The lowest BCUT2D eigenvalue weighted by Gasteiger charge is -2.38. The summed E-state index contributed by atoms with van der Waals surface area (Å²) >= 11 is 1.07. The molecule has 1 fully saturated rings. The van der Waals surface area contributed by atoms with Crippen LogP contribution in [-0.2, 0) is 20.4 Å². The van der Waals surface area contributed by atoms with Crippen LogP contribution < -0.4 is 4.90 Å². The number of ether oxygens (including phenoxy) is 1. The van der Waals surface area contributed by atoms with E-state index in [-0.39, 0.29) is 42.4 Å². The maximum atomic E-state index is 13.4. The zero-order valence-electron chi connectivity index (χ0n) is 18.7. The first-order chi connectivity index (χ1) is 16.2. The van der Waals surface area contributed by atoms with Crippen LogP contribution in [0.3, 0.4) is 0 Å². The van der Waals surface area contributed by atoms with Gasteiger partial charge in [0, 0.05) is 50.1 Å². The lowest BCUT2D eigenvalue weighted by Crippen LogP contribution is -2.54. The lowest BCUT2D eigenvalue weighted by atomic mass is 9.88. The fourth-order valence-electron chi connectivity index (χ4n) is 4.03. The van der Waals surface area contributed by atoms with Crippen LogP contribution in [0.2, 0.25) is 0 Å². The number of alkyl halides is 6. The molecule has 0 radical (unpaired) electrons. The molecular weight excluding hydrogens is 522 g/mol. The Labute approximate surface area is 202 Å². The van der Waals surface area contributed by atoms with Crippen LogP contribution in [0, 0.1) is 0 Å². The molecular formula is C21H24F6N2O4S2. The molecule has 0 saturated carbocycles. The third-order valence-corrected chi connectivity index (χ3v) is 9.21. The fourth-order valence-corrected chi connectivity index (χ4v) is 6.60. The van der Waals surface area contributed by atoms with Crippen molar-refractivity contribution in [2.24, 2.45) is 0 Å². The summed E-state index contributed by atoms with van der Waals surface area (Å²) < 4.78 is 113. The van der Waals surface area contributed by atoms with Gasteiger partial charge in [-0.2, -0.15) is 30.6 Å². The Kier molecular flexibility index (Phi) is 7.83. The molecule has 1 aromatic heterocycles. The summed E-state index contributed by atoms with van der Waals surface area (Å²) in [5.74, 6) is 0. The van der Waals surface area contributed by atoms with E-state index in [9.17, 15) is 39.9 Å². The summed E-state index contributed by atoms with van der Waals surface area (Å²) in [6.07, 6.45) is -12.7. The highest BCUT2D eigenvalue weighted by Crippen LogP contribution is 2.51. The van der Waals surface area contributed by atoms with Gasteiger partial charge in [0.1, 0.15) is 4.21 Å². The van der Waals surface area contributed by atoms with Crippen molar-refractivity contribution in [3.8, 4) is 0 Å². The van der Waals surface area contributed by atoms with Gasteiger partial charge in [-0.15, -0.1) is 11.3 Å². The molecule has 35 heavy (non-hydrogen) atoms. The maximum absolute atomic E-state index is 13.4. The van der Waals surface area contributed by atoms with Crippen molar-refractivity contribution in [2.45, 2.75) is 41.6 Å². The number of sulfonamides is 1. The molecule has 1 aliphatic rings. The van der Waals surface area contributed by atoms with Crippen molar-refractivity contribution in [3.05, 3.63) is 46.8 Å². The van der Waals surface area contributed by atoms with E-state index in [1.807, 2.05) is 0 Å². The predicted octanol–water partition coefficient (Wildman–Crippen LogP) is 4.67. The van der Waals surface area contributed by atoms with Crippen LogP contribution in [0.4, 0.5) is 32.0 Å². The van der Waals surface area contributed by atoms with E-state index in [0.29, 0.717) is 17.8 Å². The number of benzene rings is 1. The van der Waals surface area contributed by atoms with Crippen LogP contribution in [0.5, 0.6) is 0 Å². The van der Waals surface area contributed by atoms with Crippen LogP contribution in [0.15, 0.2) is 39.9 Å². The SMILES string of the molecule is CC[C@@H](OC)c1cc(C(O)(C(F)(F)F)C(F)(F)F)ccc1N1CCN(S(=O)(=O)c2cccs2)CC1. The normalized spacial score (nSPS) is 17.6. The largest absolute Gasteiger partial charge is 0.430 e. The van der Waals surface area contributed by atoms with Gasteiger partial charge in [-0.1, -0.05) is 19.1 Å². The smallest absolute Gasteiger partial charge is 0.377 e. The number of methoxy groups -OCH3 is 1. The molecule has 0 aliphatic carbocycles. The second-order valence-electron chi connectivity index (χ2n) is 7.94. The quantitative estimate of drug-likeness (QED) is 0.512. The van der Waals surface area contributed by atoms with Crippen LogP contribution in [0.1, 0.15) is 30.6 Å². The minimum atomic E-state index is -6.01. The van der Waals surface area contributed by atoms with E-state index in [1.165, 1.54) is 17.5 Å². The number of hydrogen-bond donors (Lipinski definition) is 1. The van der Waals surface area contributed by atoms with Gasteiger partial charge in [0.15, 0.2) is 0 Å². The fraction of sp³-hybridized carbons (Fsp3) is 0.524. The first kappa shape index (κ1) is 27.7. The van der Waals surface area contributed by atoms with Gasteiger partial charge in [-0.05, 0) is 30.0 Å². The molecule has 1 aliphatic heterocycles. The van der Waals surface area contributed by atoms with E-state index in [1.54, 1.807) is 23.3 Å². The Bertz CT molecular complexity index is 1090. The van der Waals surface area contributed by atoms with Crippen molar-refractivity contribution >= 4 is 27.0 Å². The number of nitrogens with zero attached hydrogens (tertiary/aromatic N) is 2. The summed E-state index contributed by atoms with van der Waals surface area (Å²) in [6, 6.07) is 5.44. The molecule has 0 amide bonds. The second kappa shape index (κ2) is 9.88. The third-order valence-electron chi connectivity index (χ3n) is 5.94. The molecule has 1 aromatic carbocycles. The van der Waals surface area contributed by atoms with Crippen molar-refractivity contribution in [1.29, 1.82) is 0 Å². The molecule has 1 atom stereocenters. The minimum Gasteiger partial charge on any atom is -0.377 e. The Balaban J connectivity index is 1.98. The summed E-state index contributed by atoms with van der Waals surface area (Å²) in [4.78, 5) is 1.68. The van der Waals surface area contributed by atoms with E-state index in [2.05, 4.69) is 0 Å². The Morgan fingerprint density at radius 2 is 1.66 bits per heavy atom. The molecule has 1 N–H and O–H groups in total. The van der Waals surface area contributed by atoms with Crippen molar-refractivity contribution in [3.63, 3.8) is 0 Å². The molecule has 0 spiro atoms. The lowest BCUT2D eigenvalue weighted by molar-refractivity contribution is -0.376. The zero-order chi connectivity index (χ0) is 26.2. The van der Waals surface area contributed by atoms with Crippen molar-refractivity contribution < 1.29 is 44.6 Å². The summed E-state index contributed by atoms with van der Waals surface area (Å²) in [5, 5.41) is 11.5. The Morgan fingerprint density at radius 3 is 2.11 bits per heavy atom. The highest BCUT2D eigenvalue weighted by atomic mass is 32.2. The number of hydrogen-bond acceptors (Lipinski definition) is 6. The third kappa shape index (κ3) is 5.03. The summed E-state index contributed by atoms with van der Waals surface area (Å²) in [5.41, 5.74) is -6.09. The second-order valence-corrected chi connectivity index (χ2v) is 11.0.